The van der Waals surface area contributed by atoms with Gasteiger partial charge in [-0.3, -0.25) is 0 Å². The zero-order valence-corrected chi connectivity index (χ0v) is 12.0. The van der Waals surface area contributed by atoms with Crippen LogP contribution in [0.15, 0.2) is 0 Å². The lowest BCUT2D eigenvalue weighted by molar-refractivity contribution is 0.129. The topological polar surface area (TPSA) is 9.23 Å². The van der Waals surface area contributed by atoms with E-state index in [0.29, 0.717) is 16.7 Å². The number of rotatable bonds is 4. The molecular formula is C14H27ClO. The van der Waals surface area contributed by atoms with Crippen LogP contribution < -0.4 is 0 Å². The van der Waals surface area contributed by atoms with E-state index in [1.807, 2.05) is 0 Å². The summed E-state index contributed by atoms with van der Waals surface area (Å²) >= 11 is 6.44. The van der Waals surface area contributed by atoms with Gasteiger partial charge in [-0.1, -0.05) is 20.8 Å². The normalized spacial score (nSPS) is 31.7. The van der Waals surface area contributed by atoms with Crippen LogP contribution in [0.1, 0.15) is 52.9 Å². The zero-order valence-electron chi connectivity index (χ0n) is 11.3. The Morgan fingerprint density at radius 2 is 1.94 bits per heavy atom. The minimum Gasteiger partial charge on any atom is -0.385 e. The van der Waals surface area contributed by atoms with Gasteiger partial charge < -0.3 is 4.74 Å². The van der Waals surface area contributed by atoms with E-state index < -0.39 is 0 Å². The van der Waals surface area contributed by atoms with E-state index in [-0.39, 0.29) is 0 Å². The van der Waals surface area contributed by atoms with Crippen molar-refractivity contribution in [1.82, 2.24) is 0 Å². The number of methoxy groups -OCH3 is 1. The smallest absolute Gasteiger partial charge is 0.0462 e. The molecule has 3 atom stereocenters. The van der Waals surface area contributed by atoms with Crippen LogP contribution in [0.5, 0.6) is 0 Å². The maximum absolute atomic E-state index is 6.44. The fourth-order valence-corrected chi connectivity index (χ4v) is 3.16. The predicted octanol–water partition coefficient (Wildman–Crippen LogP) is 4.48. The molecule has 96 valence electrons. The monoisotopic (exact) mass is 246 g/mol. The highest BCUT2D eigenvalue weighted by molar-refractivity contribution is 6.20. The zero-order chi connectivity index (χ0) is 12.2. The summed E-state index contributed by atoms with van der Waals surface area (Å²) in [5.41, 5.74) is 0.441. The van der Waals surface area contributed by atoms with E-state index in [0.717, 1.165) is 18.9 Å². The quantitative estimate of drug-likeness (QED) is 0.525. The largest absolute Gasteiger partial charge is 0.385 e. The Morgan fingerprint density at radius 1 is 1.25 bits per heavy atom. The Labute approximate surface area is 106 Å². The molecule has 1 nitrogen and oxygen atoms in total. The molecule has 1 fully saturated rings. The van der Waals surface area contributed by atoms with Crippen molar-refractivity contribution in [2.24, 2.45) is 17.3 Å². The molecule has 0 aromatic carbocycles. The fraction of sp³-hybridized carbons (Fsp3) is 1.00. The van der Waals surface area contributed by atoms with Gasteiger partial charge in [-0.2, -0.15) is 0 Å². The molecule has 1 aliphatic carbocycles. The van der Waals surface area contributed by atoms with E-state index in [4.69, 9.17) is 16.3 Å². The maximum atomic E-state index is 6.44. The summed E-state index contributed by atoms with van der Waals surface area (Å²) < 4.78 is 5.12. The lowest BCUT2D eigenvalue weighted by Gasteiger charge is -2.40. The van der Waals surface area contributed by atoms with Crippen LogP contribution in [0.2, 0.25) is 0 Å². The summed E-state index contributed by atoms with van der Waals surface area (Å²) in [5, 5.41) is 0.399. The second-order valence-corrected chi connectivity index (χ2v) is 6.85. The summed E-state index contributed by atoms with van der Waals surface area (Å²) in [7, 11) is 1.77. The number of hydrogen-bond donors (Lipinski definition) is 0. The molecule has 0 aromatic heterocycles. The molecule has 3 unspecified atom stereocenters. The average Bonchev–Trinajstić information content (AvgIpc) is 2.19. The van der Waals surface area contributed by atoms with Gasteiger partial charge in [0.1, 0.15) is 0 Å². The minimum atomic E-state index is 0.399. The predicted molar refractivity (Wildman–Crippen MR) is 71.0 cm³/mol. The SMILES string of the molecule is COCCCC1CC(C(C)(C)C)CCC1Cl. The Hall–Kier alpha value is 0.250. The molecule has 1 saturated carbocycles. The first-order valence-electron chi connectivity index (χ1n) is 6.58. The van der Waals surface area contributed by atoms with Gasteiger partial charge in [0.2, 0.25) is 0 Å². The van der Waals surface area contributed by atoms with Gasteiger partial charge in [0, 0.05) is 19.1 Å². The summed E-state index contributed by atoms with van der Waals surface area (Å²) in [6.45, 7) is 7.95. The van der Waals surface area contributed by atoms with Crippen LogP contribution in [-0.4, -0.2) is 19.1 Å². The molecule has 0 heterocycles. The second kappa shape index (κ2) is 6.26. The maximum Gasteiger partial charge on any atom is 0.0462 e. The van der Waals surface area contributed by atoms with Crippen molar-refractivity contribution in [3.63, 3.8) is 0 Å². The van der Waals surface area contributed by atoms with Crippen molar-refractivity contribution in [3.8, 4) is 0 Å². The Kier molecular flexibility index (Phi) is 5.60. The van der Waals surface area contributed by atoms with Gasteiger partial charge in [0.25, 0.3) is 0 Å². The van der Waals surface area contributed by atoms with Crippen molar-refractivity contribution >= 4 is 11.6 Å². The average molecular weight is 247 g/mol. The molecule has 0 radical (unpaired) electrons. The van der Waals surface area contributed by atoms with E-state index >= 15 is 0 Å². The Balaban J connectivity index is 2.42. The van der Waals surface area contributed by atoms with Gasteiger partial charge in [0.15, 0.2) is 0 Å². The van der Waals surface area contributed by atoms with Crippen molar-refractivity contribution in [1.29, 1.82) is 0 Å². The number of halogens is 1. The molecule has 0 aromatic rings. The van der Waals surface area contributed by atoms with Crippen LogP contribution in [0.25, 0.3) is 0 Å². The molecule has 0 bridgehead atoms. The first-order chi connectivity index (χ1) is 7.45. The van der Waals surface area contributed by atoms with Crippen LogP contribution in [0.3, 0.4) is 0 Å². The number of hydrogen-bond acceptors (Lipinski definition) is 1. The molecular weight excluding hydrogens is 220 g/mol. The molecule has 16 heavy (non-hydrogen) atoms. The van der Waals surface area contributed by atoms with E-state index in [1.54, 1.807) is 7.11 Å². The van der Waals surface area contributed by atoms with Crippen molar-refractivity contribution in [2.75, 3.05) is 13.7 Å². The molecule has 2 heteroatoms. The molecule has 1 aliphatic rings. The third-order valence-electron chi connectivity index (χ3n) is 4.04. The molecule has 1 rings (SSSR count). The molecule has 0 spiro atoms. The van der Waals surface area contributed by atoms with Gasteiger partial charge in [0.05, 0.1) is 0 Å². The standard InChI is InChI=1S/C14H27ClO/c1-14(2,3)12-7-8-13(15)11(10-12)6-5-9-16-4/h11-13H,5-10H2,1-4H3. The highest BCUT2D eigenvalue weighted by atomic mass is 35.5. The van der Waals surface area contributed by atoms with Gasteiger partial charge in [-0.25, -0.2) is 0 Å². The van der Waals surface area contributed by atoms with Crippen molar-refractivity contribution in [2.45, 2.75) is 58.3 Å². The third kappa shape index (κ3) is 4.25. The molecule has 0 amide bonds. The first-order valence-corrected chi connectivity index (χ1v) is 7.01. The minimum absolute atomic E-state index is 0.399. The van der Waals surface area contributed by atoms with Crippen LogP contribution in [0.4, 0.5) is 0 Å². The van der Waals surface area contributed by atoms with Gasteiger partial charge >= 0.3 is 0 Å². The van der Waals surface area contributed by atoms with Gasteiger partial charge in [-0.05, 0) is 49.4 Å². The third-order valence-corrected chi connectivity index (χ3v) is 4.61. The van der Waals surface area contributed by atoms with Crippen LogP contribution in [-0.2, 0) is 4.74 Å². The summed E-state index contributed by atoms with van der Waals surface area (Å²) in [6, 6.07) is 0. The molecule has 0 saturated heterocycles. The number of alkyl halides is 1. The Bertz CT molecular complexity index is 197. The van der Waals surface area contributed by atoms with E-state index in [1.165, 1.54) is 25.7 Å². The highest BCUT2D eigenvalue weighted by Gasteiger charge is 2.34. The fourth-order valence-electron chi connectivity index (χ4n) is 2.80. The molecule has 0 N–H and O–H groups in total. The summed E-state index contributed by atoms with van der Waals surface area (Å²) in [4.78, 5) is 0. The second-order valence-electron chi connectivity index (χ2n) is 6.29. The Morgan fingerprint density at radius 3 is 2.50 bits per heavy atom. The summed E-state index contributed by atoms with van der Waals surface area (Å²) in [5.74, 6) is 1.55. The van der Waals surface area contributed by atoms with Crippen molar-refractivity contribution in [3.05, 3.63) is 0 Å². The lowest BCUT2D eigenvalue weighted by atomic mass is 9.68. The van der Waals surface area contributed by atoms with Crippen LogP contribution in [0, 0.1) is 17.3 Å². The molecule has 0 aliphatic heterocycles. The van der Waals surface area contributed by atoms with Crippen LogP contribution >= 0.6 is 11.6 Å². The van der Waals surface area contributed by atoms with E-state index in [2.05, 4.69) is 20.8 Å². The first kappa shape index (κ1) is 14.3. The van der Waals surface area contributed by atoms with E-state index in [9.17, 15) is 0 Å². The number of ether oxygens (including phenoxy) is 1. The summed E-state index contributed by atoms with van der Waals surface area (Å²) in [6.07, 6.45) is 6.19. The van der Waals surface area contributed by atoms with Gasteiger partial charge in [-0.15, -0.1) is 11.6 Å². The lowest BCUT2D eigenvalue weighted by Crippen LogP contribution is -2.32. The highest BCUT2D eigenvalue weighted by Crippen LogP contribution is 2.43. The van der Waals surface area contributed by atoms with Crippen molar-refractivity contribution < 1.29 is 4.74 Å².